The van der Waals surface area contributed by atoms with Crippen molar-refractivity contribution in [3.63, 3.8) is 0 Å². The summed E-state index contributed by atoms with van der Waals surface area (Å²) in [6.45, 7) is 0. The Bertz CT molecular complexity index is 544. The average molecular weight is 370 g/mol. The molecule has 2 saturated carbocycles. The molecular formula is C15H15IO3. The maximum atomic E-state index is 12.1. The van der Waals surface area contributed by atoms with Crippen molar-refractivity contribution in [2.75, 3.05) is 7.11 Å². The van der Waals surface area contributed by atoms with Crippen LogP contribution in [0.25, 0.3) is 0 Å². The van der Waals surface area contributed by atoms with Crippen molar-refractivity contribution in [3.8, 4) is 5.75 Å². The lowest BCUT2D eigenvalue weighted by atomic mass is 9.76. The van der Waals surface area contributed by atoms with Gasteiger partial charge < -0.3 is 9.47 Å². The third kappa shape index (κ3) is 1.52. The third-order valence-electron chi connectivity index (χ3n) is 5.00. The van der Waals surface area contributed by atoms with E-state index < -0.39 is 0 Å². The maximum Gasteiger partial charge on any atom is 0.310 e. The van der Waals surface area contributed by atoms with E-state index in [1.165, 1.54) is 5.56 Å². The molecule has 1 aromatic carbocycles. The van der Waals surface area contributed by atoms with Crippen molar-refractivity contribution in [2.24, 2.45) is 17.8 Å². The molecule has 0 unspecified atom stereocenters. The van der Waals surface area contributed by atoms with E-state index >= 15 is 0 Å². The van der Waals surface area contributed by atoms with Gasteiger partial charge in [-0.3, -0.25) is 4.79 Å². The first kappa shape index (κ1) is 12.0. The van der Waals surface area contributed by atoms with Crippen LogP contribution in [0.5, 0.6) is 5.75 Å². The van der Waals surface area contributed by atoms with Crippen LogP contribution in [-0.2, 0) is 9.53 Å². The predicted molar refractivity (Wildman–Crippen MR) is 78.5 cm³/mol. The number of fused-ring (bicyclic) bond motifs is 1. The summed E-state index contributed by atoms with van der Waals surface area (Å²) in [4.78, 5) is 12.1. The first-order valence-corrected chi connectivity index (χ1v) is 7.94. The van der Waals surface area contributed by atoms with Crippen LogP contribution in [0.1, 0.15) is 17.9 Å². The number of ether oxygens (including phenoxy) is 2. The van der Waals surface area contributed by atoms with Crippen LogP contribution in [0, 0.1) is 17.8 Å². The number of methoxy groups -OCH3 is 1. The SMILES string of the molecule is COc1cccc([C@@H]2[C@@H]3C[C@H]4[C@H](OC(=O)[C@H]42)[C@H]3I)c1. The van der Waals surface area contributed by atoms with Crippen LogP contribution in [0.3, 0.4) is 0 Å². The smallest absolute Gasteiger partial charge is 0.310 e. The molecule has 1 aliphatic heterocycles. The van der Waals surface area contributed by atoms with E-state index in [2.05, 4.69) is 34.7 Å². The van der Waals surface area contributed by atoms with Gasteiger partial charge in [-0.2, -0.15) is 0 Å². The zero-order chi connectivity index (χ0) is 13.1. The van der Waals surface area contributed by atoms with Gasteiger partial charge in [0.1, 0.15) is 11.9 Å². The number of halogens is 1. The van der Waals surface area contributed by atoms with Crippen LogP contribution in [-0.4, -0.2) is 23.1 Å². The zero-order valence-electron chi connectivity index (χ0n) is 10.6. The molecular weight excluding hydrogens is 355 g/mol. The lowest BCUT2D eigenvalue weighted by Gasteiger charge is -2.29. The van der Waals surface area contributed by atoms with Gasteiger partial charge in [-0.15, -0.1) is 0 Å². The van der Waals surface area contributed by atoms with E-state index in [1.54, 1.807) is 7.11 Å². The van der Waals surface area contributed by atoms with Crippen LogP contribution in [0.4, 0.5) is 0 Å². The number of alkyl halides is 1. The third-order valence-corrected chi connectivity index (χ3v) is 6.63. The van der Waals surface area contributed by atoms with Gasteiger partial charge in [0.25, 0.3) is 0 Å². The van der Waals surface area contributed by atoms with Crippen molar-refractivity contribution >= 4 is 28.6 Å². The highest BCUT2D eigenvalue weighted by Crippen LogP contribution is 2.63. The fourth-order valence-electron chi connectivity index (χ4n) is 4.28. The second-order valence-electron chi connectivity index (χ2n) is 5.74. The summed E-state index contributed by atoms with van der Waals surface area (Å²) in [5.74, 6) is 2.29. The molecule has 0 radical (unpaired) electrons. The number of carbonyl (C=O) groups is 1. The van der Waals surface area contributed by atoms with Gasteiger partial charge in [0, 0.05) is 11.8 Å². The van der Waals surface area contributed by atoms with Crippen molar-refractivity contribution in [1.29, 1.82) is 0 Å². The summed E-state index contributed by atoms with van der Waals surface area (Å²) in [6.07, 6.45) is 1.31. The number of rotatable bonds is 2. The Labute approximate surface area is 125 Å². The van der Waals surface area contributed by atoms with Crippen molar-refractivity contribution in [2.45, 2.75) is 22.4 Å². The summed E-state index contributed by atoms with van der Waals surface area (Å²) >= 11 is 2.47. The van der Waals surface area contributed by atoms with Gasteiger partial charge in [0.15, 0.2) is 0 Å². The molecule has 4 heteroatoms. The Balaban J connectivity index is 1.77. The number of hydrogen-bond donors (Lipinski definition) is 0. The minimum absolute atomic E-state index is 0.0180. The fraction of sp³-hybridized carbons (Fsp3) is 0.533. The van der Waals surface area contributed by atoms with E-state index in [1.807, 2.05) is 12.1 Å². The number of carbonyl (C=O) groups excluding carboxylic acids is 1. The van der Waals surface area contributed by atoms with Gasteiger partial charge in [-0.25, -0.2) is 0 Å². The Kier molecular flexibility index (Phi) is 2.59. The molecule has 3 nitrogen and oxygen atoms in total. The fourth-order valence-corrected chi connectivity index (χ4v) is 5.70. The number of benzene rings is 1. The Hall–Kier alpha value is -0.780. The monoisotopic (exact) mass is 370 g/mol. The molecule has 2 aliphatic carbocycles. The summed E-state index contributed by atoms with van der Waals surface area (Å²) in [5.41, 5.74) is 1.23. The van der Waals surface area contributed by atoms with Gasteiger partial charge in [-0.05, 0) is 30.0 Å². The lowest BCUT2D eigenvalue weighted by molar-refractivity contribution is -0.143. The van der Waals surface area contributed by atoms with E-state index in [9.17, 15) is 4.79 Å². The molecule has 6 atom stereocenters. The maximum absolute atomic E-state index is 12.1. The summed E-state index contributed by atoms with van der Waals surface area (Å²) in [5, 5.41) is 0. The Morgan fingerprint density at radius 3 is 2.95 bits per heavy atom. The second-order valence-corrected chi connectivity index (χ2v) is 7.18. The first-order chi connectivity index (χ1) is 9.20. The van der Waals surface area contributed by atoms with E-state index in [0.29, 0.717) is 21.7 Å². The van der Waals surface area contributed by atoms with E-state index in [4.69, 9.17) is 9.47 Å². The highest BCUT2D eigenvalue weighted by molar-refractivity contribution is 14.1. The normalized spacial score (nSPS) is 42.5. The molecule has 0 aromatic heterocycles. The Morgan fingerprint density at radius 2 is 2.16 bits per heavy atom. The molecule has 3 fully saturated rings. The van der Waals surface area contributed by atoms with Crippen LogP contribution in [0.15, 0.2) is 24.3 Å². The number of esters is 1. The second kappa shape index (κ2) is 4.11. The quantitative estimate of drug-likeness (QED) is 0.456. The predicted octanol–water partition coefficient (Wildman–Crippen LogP) is 2.77. The molecule has 0 amide bonds. The average Bonchev–Trinajstić information content (AvgIpc) is 3.03. The number of hydrogen-bond acceptors (Lipinski definition) is 3. The van der Waals surface area contributed by atoms with Gasteiger partial charge in [0.2, 0.25) is 0 Å². The van der Waals surface area contributed by atoms with E-state index in [-0.39, 0.29) is 18.0 Å². The lowest BCUT2D eigenvalue weighted by Crippen LogP contribution is -2.32. The first-order valence-electron chi connectivity index (χ1n) is 6.69. The molecule has 100 valence electrons. The summed E-state index contributed by atoms with van der Waals surface area (Å²) in [6, 6.07) is 8.17. The molecule has 4 rings (SSSR count). The van der Waals surface area contributed by atoms with Gasteiger partial charge in [0.05, 0.1) is 17.0 Å². The molecule has 2 bridgehead atoms. The Morgan fingerprint density at radius 1 is 1.32 bits per heavy atom. The topological polar surface area (TPSA) is 35.5 Å². The van der Waals surface area contributed by atoms with Crippen LogP contribution in [0.2, 0.25) is 0 Å². The van der Waals surface area contributed by atoms with Crippen LogP contribution >= 0.6 is 22.6 Å². The minimum Gasteiger partial charge on any atom is -0.497 e. The van der Waals surface area contributed by atoms with Crippen molar-refractivity contribution in [3.05, 3.63) is 29.8 Å². The molecule has 1 heterocycles. The van der Waals surface area contributed by atoms with Crippen molar-refractivity contribution in [1.82, 2.24) is 0 Å². The molecule has 1 aromatic rings. The molecule has 19 heavy (non-hydrogen) atoms. The minimum atomic E-state index is 0.0180. The molecule has 0 N–H and O–H groups in total. The van der Waals surface area contributed by atoms with E-state index in [0.717, 1.165) is 12.2 Å². The molecule has 1 saturated heterocycles. The largest absolute Gasteiger partial charge is 0.497 e. The van der Waals surface area contributed by atoms with Gasteiger partial charge in [-0.1, -0.05) is 34.7 Å². The van der Waals surface area contributed by atoms with Gasteiger partial charge >= 0.3 is 5.97 Å². The molecule has 3 aliphatic rings. The zero-order valence-corrected chi connectivity index (χ0v) is 12.7. The van der Waals surface area contributed by atoms with Crippen molar-refractivity contribution < 1.29 is 14.3 Å². The van der Waals surface area contributed by atoms with Crippen LogP contribution < -0.4 is 4.74 Å². The standard InChI is InChI=1S/C15H15IO3/c1-18-8-4-2-3-7(5-8)11-9-6-10-12(11)15(17)19-14(10)13(9)16/h2-5,9-14H,6H2,1H3/t9-,10+,11+,12+,13-,14-/m0/s1. The highest BCUT2D eigenvalue weighted by atomic mass is 127. The molecule has 0 spiro atoms. The summed E-state index contributed by atoms with van der Waals surface area (Å²) in [7, 11) is 1.68. The summed E-state index contributed by atoms with van der Waals surface area (Å²) < 4.78 is 11.4. The highest BCUT2D eigenvalue weighted by Gasteiger charge is 2.66.